The predicted molar refractivity (Wildman–Crippen MR) is 101 cm³/mol. The zero-order chi connectivity index (χ0) is 19.4. The van der Waals surface area contributed by atoms with Gasteiger partial charge in [0, 0.05) is 24.7 Å². The summed E-state index contributed by atoms with van der Waals surface area (Å²) < 4.78 is 11.1. The third kappa shape index (κ3) is 4.42. The largest absolute Gasteiger partial charge is 0.493 e. The lowest BCUT2D eigenvalue weighted by atomic mass is 10.1. The molecule has 1 aromatic carbocycles. The number of benzene rings is 1. The summed E-state index contributed by atoms with van der Waals surface area (Å²) in [5, 5.41) is 8.98. The van der Waals surface area contributed by atoms with Gasteiger partial charge in [-0.1, -0.05) is 12.1 Å². The van der Waals surface area contributed by atoms with Crippen molar-refractivity contribution in [3.8, 4) is 11.5 Å². The predicted octanol–water partition coefficient (Wildman–Crippen LogP) is 1.87. The molecule has 1 atom stereocenters. The van der Waals surface area contributed by atoms with Crippen LogP contribution < -0.4 is 9.47 Å². The summed E-state index contributed by atoms with van der Waals surface area (Å²) in [6.45, 7) is 1.55. The number of carbonyl (C=O) groups is 2. The first-order chi connectivity index (χ1) is 13.0. The van der Waals surface area contributed by atoms with Crippen molar-refractivity contribution in [2.24, 2.45) is 0 Å². The molecule has 0 aliphatic carbocycles. The van der Waals surface area contributed by atoms with Crippen LogP contribution in [0.4, 0.5) is 0 Å². The molecule has 0 aromatic heterocycles. The van der Waals surface area contributed by atoms with Crippen molar-refractivity contribution in [3.63, 3.8) is 0 Å². The summed E-state index contributed by atoms with van der Waals surface area (Å²) in [5.74, 6) is 0.496. The number of carbonyl (C=O) groups excluding carboxylic acids is 1. The number of hydrogen-bond acceptors (Lipinski definition) is 5. The quantitative estimate of drug-likeness (QED) is 0.848. The Hall–Kier alpha value is -2.54. The van der Waals surface area contributed by atoms with Crippen LogP contribution in [-0.4, -0.2) is 73.2 Å². The minimum absolute atomic E-state index is 0.00925. The second-order valence-corrected chi connectivity index (χ2v) is 7.02. The van der Waals surface area contributed by atoms with Crippen LogP contribution in [0, 0.1) is 0 Å². The number of para-hydroxylation sites is 1. The van der Waals surface area contributed by atoms with Crippen LogP contribution in [0.5, 0.6) is 11.5 Å². The van der Waals surface area contributed by atoms with Gasteiger partial charge in [0.05, 0.1) is 19.2 Å². The Morgan fingerprint density at radius 1 is 1.33 bits per heavy atom. The molecule has 1 amide bonds. The van der Waals surface area contributed by atoms with Crippen molar-refractivity contribution in [2.75, 3.05) is 40.4 Å². The molecule has 146 valence electrons. The number of aliphatic carboxylic acids is 1. The summed E-state index contributed by atoms with van der Waals surface area (Å²) in [5.41, 5.74) is 1.48. The van der Waals surface area contributed by atoms with Gasteiger partial charge in [0.1, 0.15) is 6.61 Å². The highest BCUT2D eigenvalue weighted by molar-refractivity contribution is 5.99. The molecule has 7 heteroatoms. The molecule has 2 aliphatic rings. The molecule has 3 rings (SSSR count). The van der Waals surface area contributed by atoms with Gasteiger partial charge in [-0.2, -0.15) is 0 Å². The highest BCUT2D eigenvalue weighted by atomic mass is 16.5. The van der Waals surface area contributed by atoms with Gasteiger partial charge in [-0.25, -0.2) is 0 Å². The number of carboxylic acids is 1. The van der Waals surface area contributed by atoms with Crippen LogP contribution >= 0.6 is 0 Å². The molecule has 1 saturated heterocycles. The molecule has 27 heavy (non-hydrogen) atoms. The van der Waals surface area contributed by atoms with Crippen LogP contribution in [-0.2, 0) is 9.59 Å². The van der Waals surface area contributed by atoms with E-state index in [-0.39, 0.29) is 25.1 Å². The van der Waals surface area contributed by atoms with E-state index in [0.717, 1.165) is 24.8 Å². The van der Waals surface area contributed by atoms with Gasteiger partial charge >= 0.3 is 5.97 Å². The van der Waals surface area contributed by atoms with Gasteiger partial charge in [-0.3, -0.25) is 14.5 Å². The number of hydrogen-bond donors (Lipinski definition) is 1. The van der Waals surface area contributed by atoms with E-state index in [9.17, 15) is 9.59 Å². The molecule has 1 unspecified atom stereocenters. The van der Waals surface area contributed by atoms with E-state index in [1.165, 1.54) is 0 Å². The fourth-order valence-electron chi connectivity index (χ4n) is 3.73. The van der Waals surface area contributed by atoms with Crippen molar-refractivity contribution >= 4 is 18.0 Å². The Labute approximate surface area is 159 Å². The van der Waals surface area contributed by atoms with Crippen LogP contribution in [0.25, 0.3) is 6.08 Å². The average molecular weight is 374 g/mol. The maximum atomic E-state index is 13.0. The number of rotatable bonds is 5. The highest BCUT2D eigenvalue weighted by Crippen LogP contribution is 2.35. The minimum Gasteiger partial charge on any atom is -0.493 e. The normalized spacial score (nSPS) is 19.6. The van der Waals surface area contributed by atoms with E-state index in [0.29, 0.717) is 30.2 Å². The van der Waals surface area contributed by atoms with Gasteiger partial charge in [0.25, 0.3) is 5.91 Å². The first-order valence-electron chi connectivity index (χ1n) is 9.21. The topological polar surface area (TPSA) is 79.3 Å². The molecule has 0 radical (unpaired) electrons. The van der Waals surface area contributed by atoms with Gasteiger partial charge in [-0.05, 0) is 38.5 Å². The number of likely N-dealkylation sites (tertiary alicyclic amines) is 1. The zero-order valence-corrected chi connectivity index (χ0v) is 15.8. The smallest absolute Gasteiger partial charge is 0.317 e. The molecular weight excluding hydrogens is 348 g/mol. The second-order valence-electron chi connectivity index (χ2n) is 7.02. The van der Waals surface area contributed by atoms with E-state index in [1.54, 1.807) is 7.11 Å². The molecule has 1 aromatic rings. The van der Waals surface area contributed by atoms with Gasteiger partial charge in [0.2, 0.25) is 0 Å². The molecule has 0 bridgehead atoms. The van der Waals surface area contributed by atoms with Crippen LogP contribution in [0.1, 0.15) is 24.8 Å². The molecule has 2 heterocycles. The third-order valence-corrected chi connectivity index (χ3v) is 5.20. The Bertz CT molecular complexity index is 746. The van der Waals surface area contributed by atoms with E-state index in [4.69, 9.17) is 14.6 Å². The monoisotopic (exact) mass is 374 g/mol. The summed E-state index contributed by atoms with van der Waals surface area (Å²) in [7, 11) is 3.43. The van der Waals surface area contributed by atoms with E-state index in [2.05, 4.69) is 0 Å². The SMILES string of the molecule is COc1cccc2c1OCC(C(=O)N1CCCC(N(C)CC(=O)O)CC1)=C2. The standard InChI is InChI=1S/C20H26N2O5/c1-21(12-18(23)24)16-6-4-9-22(10-8-16)20(25)15-11-14-5-3-7-17(26-2)19(14)27-13-15/h3,5,7,11,16H,4,6,8-10,12-13H2,1-2H3,(H,23,24). The maximum Gasteiger partial charge on any atom is 0.317 e. The number of ether oxygens (including phenoxy) is 2. The van der Waals surface area contributed by atoms with Crippen molar-refractivity contribution in [3.05, 3.63) is 29.3 Å². The van der Waals surface area contributed by atoms with Crippen LogP contribution in [0.3, 0.4) is 0 Å². The van der Waals surface area contributed by atoms with Gasteiger partial charge in [-0.15, -0.1) is 0 Å². The van der Waals surface area contributed by atoms with Gasteiger partial charge in [0.15, 0.2) is 11.5 Å². The summed E-state index contributed by atoms with van der Waals surface area (Å²) in [6, 6.07) is 5.80. The Kier molecular flexibility index (Phi) is 6.01. The first kappa shape index (κ1) is 19.2. The van der Waals surface area contributed by atoms with Crippen LogP contribution in [0.15, 0.2) is 23.8 Å². The summed E-state index contributed by atoms with van der Waals surface area (Å²) in [4.78, 5) is 27.6. The minimum atomic E-state index is -0.826. The van der Waals surface area contributed by atoms with Crippen LogP contribution in [0.2, 0.25) is 0 Å². The number of likely N-dealkylation sites (N-methyl/N-ethyl adjacent to an activating group) is 1. The molecule has 7 nitrogen and oxygen atoms in total. The third-order valence-electron chi connectivity index (χ3n) is 5.20. The van der Waals surface area contributed by atoms with E-state index >= 15 is 0 Å². The lowest BCUT2D eigenvalue weighted by molar-refractivity contribution is -0.138. The lowest BCUT2D eigenvalue weighted by Gasteiger charge is -2.27. The summed E-state index contributed by atoms with van der Waals surface area (Å²) in [6.07, 6.45) is 4.40. The number of methoxy groups -OCH3 is 1. The molecular formula is C20H26N2O5. The number of nitrogens with zero attached hydrogens (tertiary/aromatic N) is 2. The highest BCUT2D eigenvalue weighted by Gasteiger charge is 2.27. The van der Waals surface area contributed by atoms with E-state index < -0.39 is 5.97 Å². The zero-order valence-electron chi connectivity index (χ0n) is 15.8. The van der Waals surface area contributed by atoms with Crippen molar-refractivity contribution in [1.29, 1.82) is 0 Å². The molecule has 1 N–H and O–H groups in total. The number of amides is 1. The second kappa shape index (κ2) is 8.43. The van der Waals surface area contributed by atoms with Crippen molar-refractivity contribution < 1.29 is 24.2 Å². The fourth-order valence-corrected chi connectivity index (χ4v) is 3.73. The Morgan fingerprint density at radius 3 is 2.89 bits per heavy atom. The van der Waals surface area contributed by atoms with E-state index in [1.807, 2.05) is 41.1 Å². The lowest BCUT2D eigenvalue weighted by Crippen LogP contribution is -2.38. The summed E-state index contributed by atoms with van der Waals surface area (Å²) >= 11 is 0. The Balaban J connectivity index is 1.67. The molecule has 0 spiro atoms. The first-order valence-corrected chi connectivity index (χ1v) is 9.21. The number of fused-ring (bicyclic) bond motifs is 1. The van der Waals surface area contributed by atoms with Crippen molar-refractivity contribution in [1.82, 2.24) is 9.80 Å². The number of carboxylic acid groups (broad SMARTS) is 1. The average Bonchev–Trinajstić information content (AvgIpc) is 2.92. The molecule has 2 aliphatic heterocycles. The van der Waals surface area contributed by atoms with Crippen molar-refractivity contribution in [2.45, 2.75) is 25.3 Å². The molecule has 0 saturated carbocycles. The molecule has 1 fully saturated rings. The van der Waals surface area contributed by atoms with Gasteiger partial charge < -0.3 is 19.5 Å². The fraction of sp³-hybridized carbons (Fsp3) is 0.500. The maximum absolute atomic E-state index is 13.0. The Morgan fingerprint density at radius 2 is 2.15 bits per heavy atom.